The van der Waals surface area contributed by atoms with Crippen LogP contribution in [0.25, 0.3) is 0 Å². The molecule has 0 amide bonds. The van der Waals surface area contributed by atoms with E-state index in [-0.39, 0.29) is 5.54 Å². The van der Waals surface area contributed by atoms with E-state index in [0.29, 0.717) is 19.1 Å². The summed E-state index contributed by atoms with van der Waals surface area (Å²) in [5.74, 6) is 0.579. The number of benzene rings is 1. The van der Waals surface area contributed by atoms with Gasteiger partial charge in [0.2, 0.25) is 0 Å². The van der Waals surface area contributed by atoms with Gasteiger partial charge in [-0.25, -0.2) is 0 Å². The van der Waals surface area contributed by atoms with Crippen LogP contribution in [0.5, 0.6) is 0 Å². The Morgan fingerprint density at radius 3 is 2.14 bits per heavy atom. The molecule has 0 unspecified atom stereocenters. The Bertz CT molecular complexity index is 312. The first-order chi connectivity index (χ1) is 6.62. The van der Waals surface area contributed by atoms with E-state index in [2.05, 4.69) is 38.1 Å². The molecule has 1 aromatic carbocycles. The van der Waals surface area contributed by atoms with E-state index in [4.69, 9.17) is 10.5 Å². The molecule has 1 heterocycles. The van der Waals surface area contributed by atoms with Crippen molar-refractivity contribution in [2.45, 2.75) is 25.3 Å². The Hall–Kier alpha value is -0.860. The van der Waals surface area contributed by atoms with Gasteiger partial charge < -0.3 is 10.5 Å². The fraction of sp³-hybridized carbons (Fsp3) is 0.500. The molecule has 2 N–H and O–H groups in total. The van der Waals surface area contributed by atoms with Crippen molar-refractivity contribution in [1.29, 1.82) is 0 Å². The summed E-state index contributed by atoms with van der Waals surface area (Å²) in [6.45, 7) is 5.68. The van der Waals surface area contributed by atoms with Gasteiger partial charge in [0.1, 0.15) is 0 Å². The number of hydrogen-bond donors (Lipinski definition) is 1. The minimum absolute atomic E-state index is 0.227. The molecule has 1 aromatic rings. The van der Waals surface area contributed by atoms with Crippen molar-refractivity contribution in [2.75, 3.05) is 13.2 Å². The Morgan fingerprint density at radius 1 is 1.21 bits per heavy atom. The summed E-state index contributed by atoms with van der Waals surface area (Å²) in [5.41, 5.74) is 8.45. The predicted octanol–water partition coefficient (Wildman–Crippen LogP) is 1.99. The maximum absolute atomic E-state index is 6.13. The topological polar surface area (TPSA) is 35.2 Å². The zero-order chi connectivity index (χ0) is 10.2. The summed E-state index contributed by atoms with van der Waals surface area (Å²) in [6.07, 6.45) is 0. The number of rotatable bonds is 2. The third-order valence-corrected chi connectivity index (χ3v) is 2.87. The molecule has 0 atom stereocenters. The van der Waals surface area contributed by atoms with Gasteiger partial charge in [-0.1, -0.05) is 38.1 Å². The van der Waals surface area contributed by atoms with Gasteiger partial charge in [0, 0.05) is 0 Å². The summed E-state index contributed by atoms with van der Waals surface area (Å²) in [6, 6.07) is 8.57. The van der Waals surface area contributed by atoms with E-state index in [0.717, 1.165) is 0 Å². The zero-order valence-corrected chi connectivity index (χ0v) is 8.79. The Balaban J connectivity index is 2.21. The molecule has 2 rings (SSSR count). The van der Waals surface area contributed by atoms with E-state index >= 15 is 0 Å². The maximum Gasteiger partial charge on any atom is 0.0883 e. The first-order valence-corrected chi connectivity index (χ1v) is 5.09. The van der Waals surface area contributed by atoms with Crippen LogP contribution >= 0.6 is 0 Å². The second-order valence-corrected chi connectivity index (χ2v) is 4.43. The van der Waals surface area contributed by atoms with Gasteiger partial charge in [-0.05, 0) is 17.0 Å². The fourth-order valence-electron chi connectivity index (χ4n) is 1.69. The summed E-state index contributed by atoms with van der Waals surface area (Å²) in [5, 5.41) is 0. The third-order valence-electron chi connectivity index (χ3n) is 2.87. The van der Waals surface area contributed by atoms with Crippen molar-refractivity contribution in [3.63, 3.8) is 0 Å². The van der Waals surface area contributed by atoms with Crippen LogP contribution in [-0.2, 0) is 10.3 Å². The van der Waals surface area contributed by atoms with E-state index in [1.165, 1.54) is 11.1 Å². The van der Waals surface area contributed by atoms with Gasteiger partial charge in [0.15, 0.2) is 0 Å². The Labute approximate surface area is 85.1 Å². The average Bonchev–Trinajstić information content (AvgIpc) is 2.14. The fourth-order valence-corrected chi connectivity index (χ4v) is 1.69. The van der Waals surface area contributed by atoms with Crippen molar-refractivity contribution in [2.24, 2.45) is 5.73 Å². The van der Waals surface area contributed by atoms with Crippen molar-refractivity contribution < 1.29 is 4.74 Å². The van der Waals surface area contributed by atoms with E-state index in [9.17, 15) is 0 Å². The van der Waals surface area contributed by atoms with Crippen LogP contribution in [-0.4, -0.2) is 13.2 Å². The van der Waals surface area contributed by atoms with Crippen molar-refractivity contribution in [3.05, 3.63) is 35.4 Å². The summed E-state index contributed by atoms with van der Waals surface area (Å²) < 4.78 is 5.14. The molecule has 1 aliphatic rings. The zero-order valence-electron chi connectivity index (χ0n) is 8.79. The second kappa shape index (κ2) is 3.37. The maximum atomic E-state index is 6.13. The van der Waals surface area contributed by atoms with Gasteiger partial charge in [-0.2, -0.15) is 0 Å². The first-order valence-electron chi connectivity index (χ1n) is 5.09. The van der Waals surface area contributed by atoms with Gasteiger partial charge in [0.05, 0.1) is 18.8 Å². The lowest BCUT2D eigenvalue weighted by atomic mass is 9.88. The highest BCUT2D eigenvalue weighted by molar-refractivity contribution is 5.31. The molecule has 2 nitrogen and oxygen atoms in total. The first kappa shape index (κ1) is 9.69. The summed E-state index contributed by atoms with van der Waals surface area (Å²) in [7, 11) is 0. The monoisotopic (exact) mass is 191 g/mol. The lowest BCUT2D eigenvalue weighted by molar-refractivity contribution is -0.0569. The van der Waals surface area contributed by atoms with Crippen LogP contribution in [0.3, 0.4) is 0 Å². The highest BCUT2D eigenvalue weighted by Gasteiger charge is 2.35. The van der Waals surface area contributed by atoms with Crippen LogP contribution in [0.4, 0.5) is 0 Å². The minimum atomic E-state index is -0.227. The molecule has 1 fully saturated rings. The number of hydrogen-bond acceptors (Lipinski definition) is 2. The minimum Gasteiger partial charge on any atom is -0.377 e. The third kappa shape index (κ3) is 1.56. The molecular formula is C12H17NO. The lowest BCUT2D eigenvalue weighted by Gasteiger charge is -2.38. The molecule has 76 valence electrons. The van der Waals surface area contributed by atoms with Crippen LogP contribution < -0.4 is 5.73 Å². The van der Waals surface area contributed by atoms with E-state index in [1.54, 1.807) is 0 Å². The SMILES string of the molecule is CC(C)c1ccc(C2(N)COC2)cc1. The lowest BCUT2D eigenvalue weighted by Crippen LogP contribution is -2.54. The van der Waals surface area contributed by atoms with Gasteiger partial charge >= 0.3 is 0 Å². The van der Waals surface area contributed by atoms with Gasteiger partial charge in [0.25, 0.3) is 0 Å². The highest BCUT2D eigenvalue weighted by atomic mass is 16.5. The molecule has 1 aliphatic heterocycles. The molecule has 14 heavy (non-hydrogen) atoms. The molecule has 2 heteroatoms. The Morgan fingerprint density at radius 2 is 1.79 bits per heavy atom. The largest absolute Gasteiger partial charge is 0.377 e. The van der Waals surface area contributed by atoms with E-state index in [1.807, 2.05) is 0 Å². The second-order valence-electron chi connectivity index (χ2n) is 4.43. The van der Waals surface area contributed by atoms with E-state index < -0.39 is 0 Å². The van der Waals surface area contributed by atoms with Gasteiger partial charge in [-0.3, -0.25) is 0 Å². The molecule has 0 aromatic heterocycles. The Kier molecular flexibility index (Phi) is 2.33. The van der Waals surface area contributed by atoms with Crippen molar-refractivity contribution >= 4 is 0 Å². The molecule has 0 radical (unpaired) electrons. The van der Waals surface area contributed by atoms with Crippen LogP contribution in [0.15, 0.2) is 24.3 Å². The highest BCUT2D eigenvalue weighted by Crippen LogP contribution is 2.27. The number of nitrogens with two attached hydrogens (primary N) is 1. The molecule has 0 spiro atoms. The van der Waals surface area contributed by atoms with Crippen LogP contribution in [0.1, 0.15) is 30.9 Å². The molecular weight excluding hydrogens is 174 g/mol. The van der Waals surface area contributed by atoms with Crippen LogP contribution in [0.2, 0.25) is 0 Å². The van der Waals surface area contributed by atoms with Crippen molar-refractivity contribution in [3.8, 4) is 0 Å². The predicted molar refractivity (Wildman–Crippen MR) is 57.2 cm³/mol. The standard InChI is InChI=1S/C12H17NO/c1-9(2)10-3-5-11(6-4-10)12(13)7-14-8-12/h3-6,9H,7-8,13H2,1-2H3. The molecule has 0 saturated carbocycles. The summed E-state index contributed by atoms with van der Waals surface area (Å²) >= 11 is 0. The average molecular weight is 191 g/mol. The smallest absolute Gasteiger partial charge is 0.0883 e. The molecule has 0 aliphatic carbocycles. The quantitative estimate of drug-likeness (QED) is 0.776. The summed E-state index contributed by atoms with van der Waals surface area (Å²) in [4.78, 5) is 0. The normalized spacial score (nSPS) is 19.4. The van der Waals surface area contributed by atoms with Crippen LogP contribution in [0, 0.1) is 0 Å². The van der Waals surface area contributed by atoms with Gasteiger partial charge in [-0.15, -0.1) is 0 Å². The molecule has 1 saturated heterocycles. The molecule has 0 bridgehead atoms. The van der Waals surface area contributed by atoms with Crippen molar-refractivity contribution in [1.82, 2.24) is 0 Å². The number of ether oxygens (including phenoxy) is 1.